The van der Waals surface area contributed by atoms with Crippen LogP contribution in [0.4, 0.5) is 13.2 Å². The van der Waals surface area contributed by atoms with E-state index in [1.165, 1.54) is 12.3 Å². The summed E-state index contributed by atoms with van der Waals surface area (Å²) in [7, 11) is 0. The molecule has 2 aliphatic rings. The normalized spacial score (nSPS) is 18.7. The molecule has 2 aromatic rings. The zero-order chi connectivity index (χ0) is 21.1. The summed E-state index contributed by atoms with van der Waals surface area (Å²) < 4.78 is 39.0. The first kappa shape index (κ1) is 20.8. The average Bonchev–Trinajstić information content (AvgIpc) is 3.29. The maximum atomic E-state index is 13.0. The van der Waals surface area contributed by atoms with Gasteiger partial charge in [0.2, 0.25) is 5.91 Å². The van der Waals surface area contributed by atoms with Gasteiger partial charge in [-0.2, -0.15) is 13.2 Å². The molecule has 0 atom stereocenters. The molecule has 2 saturated heterocycles. The van der Waals surface area contributed by atoms with Gasteiger partial charge in [0, 0.05) is 30.8 Å². The van der Waals surface area contributed by atoms with E-state index in [1.54, 1.807) is 12.3 Å². The fourth-order valence-electron chi connectivity index (χ4n) is 4.22. The van der Waals surface area contributed by atoms with E-state index >= 15 is 0 Å². The molecule has 8 heteroatoms. The number of likely N-dealkylation sites (tertiary alicyclic amines) is 2. The molecule has 1 aromatic carbocycles. The van der Waals surface area contributed by atoms with Crippen LogP contribution in [0.3, 0.4) is 0 Å². The summed E-state index contributed by atoms with van der Waals surface area (Å²) >= 11 is 0. The standard InChI is InChI=1S/C22H25F3N4O/c23-22(24,25)18-5-3-4-17(12-18)20-14-26-13-19(27-20)16-6-10-28(11-7-16)15-21(30)29-8-1-2-9-29/h3-5,12-14,16H,1-2,6-11,15H2. The summed E-state index contributed by atoms with van der Waals surface area (Å²) in [5, 5.41) is 0. The number of amides is 1. The van der Waals surface area contributed by atoms with Gasteiger partial charge in [0.1, 0.15) is 0 Å². The van der Waals surface area contributed by atoms with Crippen molar-refractivity contribution in [1.29, 1.82) is 0 Å². The van der Waals surface area contributed by atoms with E-state index in [0.29, 0.717) is 17.8 Å². The van der Waals surface area contributed by atoms with Crippen LogP contribution in [-0.4, -0.2) is 58.4 Å². The lowest BCUT2D eigenvalue weighted by Crippen LogP contribution is -2.42. The maximum Gasteiger partial charge on any atom is 0.416 e. The average molecular weight is 418 g/mol. The molecule has 2 fully saturated rings. The van der Waals surface area contributed by atoms with Crippen LogP contribution in [0.1, 0.15) is 42.9 Å². The summed E-state index contributed by atoms with van der Waals surface area (Å²) in [5.74, 6) is 0.402. The highest BCUT2D eigenvalue weighted by molar-refractivity contribution is 5.78. The van der Waals surface area contributed by atoms with Crippen LogP contribution in [0.2, 0.25) is 0 Å². The molecule has 3 heterocycles. The third-order valence-electron chi connectivity index (χ3n) is 5.96. The van der Waals surface area contributed by atoms with Crippen molar-refractivity contribution in [3.05, 3.63) is 47.9 Å². The predicted molar refractivity (Wildman–Crippen MR) is 107 cm³/mol. The van der Waals surface area contributed by atoms with Gasteiger partial charge in [0.15, 0.2) is 0 Å². The summed E-state index contributed by atoms with van der Waals surface area (Å²) in [6.07, 6.45) is 2.71. The zero-order valence-corrected chi connectivity index (χ0v) is 16.7. The first-order chi connectivity index (χ1) is 14.4. The second-order valence-electron chi connectivity index (χ2n) is 8.05. The van der Waals surface area contributed by atoms with Crippen LogP contribution in [0, 0.1) is 0 Å². The van der Waals surface area contributed by atoms with E-state index in [4.69, 9.17) is 0 Å². The second-order valence-corrected chi connectivity index (χ2v) is 8.05. The van der Waals surface area contributed by atoms with Crippen molar-refractivity contribution in [3.63, 3.8) is 0 Å². The van der Waals surface area contributed by atoms with Gasteiger partial charge in [-0.25, -0.2) is 4.98 Å². The maximum absolute atomic E-state index is 13.0. The summed E-state index contributed by atoms with van der Waals surface area (Å²) in [4.78, 5) is 25.3. The monoisotopic (exact) mass is 418 g/mol. The van der Waals surface area contributed by atoms with Gasteiger partial charge in [0.25, 0.3) is 0 Å². The van der Waals surface area contributed by atoms with Crippen LogP contribution in [0.15, 0.2) is 36.7 Å². The molecule has 1 amide bonds. The van der Waals surface area contributed by atoms with Crippen molar-refractivity contribution in [2.45, 2.75) is 37.8 Å². The van der Waals surface area contributed by atoms with E-state index in [0.717, 1.165) is 69.7 Å². The summed E-state index contributed by atoms with van der Waals surface area (Å²) in [5.41, 5.74) is 0.969. The Hall–Kier alpha value is -2.48. The number of halogens is 3. The van der Waals surface area contributed by atoms with E-state index in [2.05, 4.69) is 14.9 Å². The lowest BCUT2D eigenvalue weighted by Gasteiger charge is -2.32. The number of hydrogen-bond acceptors (Lipinski definition) is 4. The van der Waals surface area contributed by atoms with Gasteiger partial charge < -0.3 is 4.90 Å². The quantitative estimate of drug-likeness (QED) is 0.754. The van der Waals surface area contributed by atoms with Gasteiger partial charge >= 0.3 is 6.18 Å². The van der Waals surface area contributed by atoms with Crippen LogP contribution < -0.4 is 0 Å². The van der Waals surface area contributed by atoms with E-state index in [9.17, 15) is 18.0 Å². The Balaban J connectivity index is 1.40. The molecule has 4 rings (SSSR count). The minimum Gasteiger partial charge on any atom is -0.342 e. The molecule has 0 unspecified atom stereocenters. The number of nitrogens with zero attached hydrogens (tertiary/aromatic N) is 4. The van der Waals surface area contributed by atoms with Crippen molar-refractivity contribution < 1.29 is 18.0 Å². The molecule has 0 saturated carbocycles. The van der Waals surface area contributed by atoms with Gasteiger partial charge in [0.05, 0.1) is 29.7 Å². The van der Waals surface area contributed by atoms with Crippen LogP contribution in [0.5, 0.6) is 0 Å². The van der Waals surface area contributed by atoms with Gasteiger partial charge in [-0.15, -0.1) is 0 Å². The largest absolute Gasteiger partial charge is 0.416 e. The first-order valence-corrected chi connectivity index (χ1v) is 10.4. The highest BCUT2D eigenvalue weighted by Crippen LogP contribution is 2.32. The Kier molecular flexibility index (Phi) is 6.04. The minimum absolute atomic E-state index is 0.196. The van der Waals surface area contributed by atoms with Gasteiger partial charge in [-0.3, -0.25) is 14.7 Å². The number of rotatable bonds is 4. The Morgan fingerprint density at radius 2 is 1.80 bits per heavy atom. The lowest BCUT2D eigenvalue weighted by molar-refractivity contribution is -0.137. The number of aromatic nitrogens is 2. The minimum atomic E-state index is -4.39. The van der Waals surface area contributed by atoms with E-state index in [1.807, 2.05) is 4.90 Å². The van der Waals surface area contributed by atoms with Gasteiger partial charge in [-0.1, -0.05) is 12.1 Å². The predicted octanol–water partition coefficient (Wildman–Crippen LogP) is 3.96. The van der Waals surface area contributed by atoms with E-state index < -0.39 is 11.7 Å². The molecule has 2 aliphatic heterocycles. The third kappa shape index (κ3) is 4.80. The van der Waals surface area contributed by atoms with Crippen molar-refractivity contribution in [3.8, 4) is 11.3 Å². The molecule has 0 spiro atoms. The molecule has 160 valence electrons. The number of hydrogen-bond donors (Lipinski definition) is 0. The van der Waals surface area contributed by atoms with Crippen molar-refractivity contribution in [1.82, 2.24) is 19.8 Å². The van der Waals surface area contributed by atoms with Gasteiger partial charge in [-0.05, 0) is 50.9 Å². The highest BCUT2D eigenvalue weighted by atomic mass is 19.4. The zero-order valence-electron chi connectivity index (χ0n) is 16.7. The van der Waals surface area contributed by atoms with Crippen molar-refractivity contribution >= 4 is 5.91 Å². The Morgan fingerprint density at radius 1 is 1.07 bits per heavy atom. The molecular formula is C22H25F3N4O. The summed E-state index contributed by atoms with van der Waals surface area (Å²) in [6, 6.07) is 5.18. The number of carbonyl (C=O) groups is 1. The van der Waals surface area contributed by atoms with Crippen molar-refractivity contribution in [2.75, 3.05) is 32.7 Å². The molecule has 0 aliphatic carbocycles. The molecule has 30 heavy (non-hydrogen) atoms. The van der Waals surface area contributed by atoms with E-state index in [-0.39, 0.29) is 11.8 Å². The number of piperidine rings is 1. The molecule has 1 aromatic heterocycles. The van der Waals surface area contributed by atoms with Crippen molar-refractivity contribution in [2.24, 2.45) is 0 Å². The molecular weight excluding hydrogens is 393 g/mol. The Labute approximate surface area is 173 Å². The molecule has 0 N–H and O–H groups in total. The topological polar surface area (TPSA) is 49.3 Å². The smallest absolute Gasteiger partial charge is 0.342 e. The molecule has 5 nitrogen and oxygen atoms in total. The Morgan fingerprint density at radius 3 is 2.50 bits per heavy atom. The lowest BCUT2D eigenvalue weighted by atomic mass is 9.93. The van der Waals surface area contributed by atoms with Crippen LogP contribution in [0.25, 0.3) is 11.3 Å². The Bertz CT molecular complexity index is 888. The summed E-state index contributed by atoms with van der Waals surface area (Å²) in [6.45, 7) is 3.81. The number of alkyl halides is 3. The van der Waals surface area contributed by atoms with Crippen LogP contribution >= 0.6 is 0 Å². The third-order valence-corrected chi connectivity index (χ3v) is 5.96. The first-order valence-electron chi connectivity index (χ1n) is 10.4. The fourth-order valence-corrected chi connectivity index (χ4v) is 4.22. The number of carbonyl (C=O) groups excluding carboxylic acids is 1. The second kappa shape index (κ2) is 8.71. The SMILES string of the molecule is O=C(CN1CCC(c2cncc(-c3cccc(C(F)(F)F)c3)n2)CC1)N1CCCC1. The fraction of sp³-hybridized carbons (Fsp3) is 0.500. The molecule has 0 radical (unpaired) electrons. The highest BCUT2D eigenvalue weighted by Gasteiger charge is 2.31. The molecule has 0 bridgehead atoms. The number of benzene rings is 1. The van der Waals surface area contributed by atoms with Crippen LogP contribution in [-0.2, 0) is 11.0 Å².